The van der Waals surface area contributed by atoms with Crippen molar-refractivity contribution in [1.82, 2.24) is 55.6 Å². The Morgan fingerprint density at radius 2 is 0.871 bits per heavy atom. The van der Waals surface area contributed by atoms with Gasteiger partial charge < -0.3 is 65.4 Å². The number of nitrogens with one attached hydrogen (secondary N) is 4. The Kier molecular flexibility index (Phi) is 29.2. The van der Waals surface area contributed by atoms with E-state index in [0.717, 1.165) is 9.80 Å². The maximum Gasteiger partial charge on any atom is 0.273 e. The minimum atomic E-state index is -2.17. The van der Waals surface area contributed by atoms with Crippen LogP contribution in [0.3, 0.4) is 0 Å². The third-order valence-corrected chi connectivity index (χ3v) is 16.4. The minimum Gasteiger partial charge on any atom is -0.370 e. The quantitative estimate of drug-likeness (QED) is 0.166. The lowest BCUT2D eigenvalue weighted by atomic mass is 9.92. The molecule has 0 radical (unpaired) electrons. The summed E-state index contributed by atoms with van der Waals surface area (Å²) in [7, 11) is 9.61. The molecule has 24 heteroatoms. The van der Waals surface area contributed by atoms with Crippen LogP contribution in [0.1, 0.15) is 149 Å². The summed E-state index contributed by atoms with van der Waals surface area (Å²) in [4.78, 5) is 168. The molecule has 85 heavy (non-hydrogen) atoms. The van der Waals surface area contributed by atoms with Gasteiger partial charge in [-0.05, 0) is 102 Å². The summed E-state index contributed by atoms with van der Waals surface area (Å²) in [5, 5.41) is 22.6. The van der Waals surface area contributed by atoms with E-state index in [2.05, 4.69) is 21.3 Å². The number of hydrogen-bond acceptors (Lipinski definition) is 13. The van der Waals surface area contributed by atoms with Crippen molar-refractivity contribution in [1.29, 1.82) is 0 Å². The number of aliphatic hydroxyl groups is 1. The highest BCUT2D eigenvalue weighted by Crippen LogP contribution is 2.30. The number of ether oxygens (including phenoxy) is 1. The smallest absolute Gasteiger partial charge is 0.273 e. The van der Waals surface area contributed by atoms with Gasteiger partial charge in [0.15, 0.2) is 0 Å². The second kappa shape index (κ2) is 33.1. The highest BCUT2D eigenvalue weighted by molar-refractivity contribution is 6.00. The maximum absolute atomic E-state index is 15.1. The molecule has 0 saturated carbocycles. The SMILES string of the molecule is C/C=C/C[C@@H](C)[C@H]1OC(C)[C@H]2C(=O)N(C)[C@@H]1C(=O)N[C@@H](CC)C(=O)N(C)C(O)C(=O)N(C)[C@@H](CC(C)C)C(=O)N[C@@H](C(C)C)C(=O)N(C)[C@@H](CC(C)C)C(=O)N[C@@H](C)C(=O)N[C@H](C)C(=O)N(C)[C@@H](CC(C)C)C(=O)N(C)[C@@H](CC(C)C)C(=O)N2C. The molecule has 0 aromatic rings. The lowest BCUT2D eigenvalue weighted by Gasteiger charge is -2.39. The van der Waals surface area contributed by atoms with Gasteiger partial charge in [0.25, 0.3) is 5.91 Å². The average molecular weight is 1200 g/mol. The molecule has 2 fully saturated rings. The highest BCUT2D eigenvalue weighted by Gasteiger charge is 2.50. The molecule has 2 aliphatic rings. The second-order valence-electron chi connectivity index (χ2n) is 25.7. The number of amides is 11. The summed E-state index contributed by atoms with van der Waals surface area (Å²) in [5.74, 6) is -9.77. The van der Waals surface area contributed by atoms with Gasteiger partial charge in [0.1, 0.15) is 60.4 Å². The van der Waals surface area contributed by atoms with E-state index in [1.54, 1.807) is 27.7 Å². The van der Waals surface area contributed by atoms with E-state index in [9.17, 15) is 48.3 Å². The van der Waals surface area contributed by atoms with E-state index >= 15 is 9.59 Å². The highest BCUT2D eigenvalue weighted by atomic mass is 16.5. The van der Waals surface area contributed by atoms with E-state index in [1.807, 2.05) is 81.4 Å². The number of likely N-dealkylation sites (N-methyl/N-ethyl adjacent to an activating group) is 7. The summed E-state index contributed by atoms with van der Waals surface area (Å²) < 4.78 is 6.72. The number of hydrogen-bond donors (Lipinski definition) is 5. The molecule has 24 nitrogen and oxygen atoms in total. The first kappa shape index (κ1) is 74.9. The van der Waals surface area contributed by atoms with Crippen molar-refractivity contribution < 1.29 is 62.6 Å². The number of fused-ring (bicyclic) bond motifs is 3. The summed E-state index contributed by atoms with van der Waals surface area (Å²) in [6.07, 6.45) is 0.333. The van der Waals surface area contributed by atoms with Crippen LogP contribution >= 0.6 is 0 Å². The van der Waals surface area contributed by atoms with Gasteiger partial charge in [-0.2, -0.15) is 0 Å². The molecule has 14 atom stereocenters. The van der Waals surface area contributed by atoms with Gasteiger partial charge in [-0.3, -0.25) is 52.7 Å². The monoisotopic (exact) mass is 1200 g/mol. The van der Waals surface area contributed by atoms with Crippen LogP contribution in [-0.4, -0.2) is 233 Å². The van der Waals surface area contributed by atoms with Gasteiger partial charge in [0, 0.05) is 49.3 Å². The molecule has 484 valence electrons. The molecular weight excluding hydrogens is 1090 g/mol. The summed E-state index contributed by atoms with van der Waals surface area (Å²) in [6.45, 7) is 28.0. The molecule has 0 aromatic heterocycles. The van der Waals surface area contributed by atoms with Crippen LogP contribution < -0.4 is 21.3 Å². The molecule has 0 aromatic carbocycles. The van der Waals surface area contributed by atoms with Crippen molar-refractivity contribution in [2.75, 3.05) is 49.3 Å². The Bertz CT molecular complexity index is 2380. The zero-order chi connectivity index (χ0) is 65.6. The largest absolute Gasteiger partial charge is 0.370 e. The Labute approximate surface area is 506 Å². The average Bonchev–Trinajstić information content (AvgIpc) is 2.83. The van der Waals surface area contributed by atoms with Gasteiger partial charge in [-0.1, -0.05) is 95.2 Å². The minimum absolute atomic E-state index is 0.0401. The summed E-state index contributed by atoms with van der Waals surface area (Å²) >= 11 is 0. The molecule has 2 heterocycles. The fourth-order valence-corrected chi connectivity index (χ4v) is 11.0. The zero-order valence-corrected chi connectivity index (χ0v) is 55.3. The predicted octanol–water partition coefficient (Wildman–Crippen LogP) is 2.36. The Balaban J connectivity index is 2.99. The second-order valence-corrected chi connectivity index (χ2v) is 25.7. The molecule has 2 aliphatic heterocycles. The lowest BCUT2D eigenvalue weighted by Crippen LogP contribution is -2.62. The maximum atomic E-state index is 15.1. The van der Waals surface area contributed by atoms with Gasteiger partial charge in [0.2, 0.25) is 65.3 Å². The number of carbonyl (C=O) groups is 11. The van der Waals surface area contributed by atoms with Crippen LogP contribution in [0.4, 0.5) is 0 Å². The van der Waals surface area contributed by atoms with Crippen LogP contribution in [0.25, 0.3) is 0 Å². The first-order valence-corrected chi connectivity index (χ1v) is 30.3. The first-order valence-electron chi connectivity index (χ1n) is 30.3. The molecular formula is C61H107N11O13. The van der Waals surface area contributed by atoms with Gasteiger partial charge in [-0.15, -0.1) is 0 Å². The number of carbonyl (C=O) groups excluding carboxylic acids is 11. The van der Waals surface area contributed by atoms with Crippen LogP contribution in [0, 0.1) is 35.5 Å². The van der Waals surface area contributed by atoms with Crippen molar-refractivity contribution in [2.24, 2.45) is 35.5 Å². The first-order chi connectivity index (χ1) is 39.3. The van der Waals surface area contributed by atoms with Gasteiger partial charge in [-0.25, -0.2) is 0 Å². The molecule has 0 spiro atoms. The summed E-state index contributed by atoms with van der Waals surface area (Å²) in [5.41, 5.74) is 0. The number of rotatable bonds is 13. The number of nitrogens with zero attached hydrogens (tertiary/aromatic N) is 7. The number of allylic oxidation sites excluding steroid dienone is 2. The van der Waals surface area contributed by atoms with Crippen LogP contribution in [0.5, 0.6) is 0 Å². The fourth-order valence-electron chi connectivity index (χ4n) is 11.0. The van der Waals surface area contributed by atoms with Crippen LogP contribution in [0.15, 0.2) is 12.2 Å². The molecule has 2 bridgehead atoms. The van der Waals surface area contributed by atoms with Crippen LogP contribution in [0.2, 0.25) is 0 Å². The molecule has 2 rings (SSSR count). The van der Waals surface area contributed by atoms with E-state index in [-0.39, 0.29) is 55.8 Å². The molecule has 2 saturated heterocycles. The van der Waals surface area contributed by atoms with Crippen molar-refractivity contribution in [3.63, 3.8) is 0 Å². The van der Waals surface area contributed by atoms with Gasteiger partial charge >= 0.3 is 0 Å². The molecule has 0 aliphatic carbocycles. The van der Waals surface area contributed by atoms with Crippen molar-refractivity contribution >= 4 is 65.0 Å². The standard InChI is InChI=1S/C61H107N11O13/c1-24-26-27-37(13)49-48-53(76)64-41(25-2)55(78)72(23)61(84)60(83)67(18)43(29-33(5)6)52(75)65-46(36(11)12)58(81)66(17)42(28-32(3)4)51(74)62-38(14)50(73)63-39(15)54(77)68(19)44(30-34(7)8)56(79)69(20)45(31-35(9)10)57(80)70(21)47(40(16)85-49)59(82)71(48)22/h24,26,32-49,61,84H,25,27-31H2,1-23H3,(H,62,74)(H,63,73)(H,64,76)(H,65,75)/b26-24+/t37-,38+,39-,40?,41+,42+,43+,44+,45+,46+,47+,48+,49-,61?/m1/s1. The van der Waals surface area contributed by atoms with Crippen molar-refractivity contribution in [3.05, 3.63) is 12.2 Å². The van der Waals surface area contributed by atoms with E-state index in [0.29, 0.717) is 6.42 Å². The third-order valence-electron chi connectivity index (χ3n) is 16.4. The number of aliphatic hydroxyl groups excluding tert-OH is 1. The van der Waals surface area contributed by atoms with Crippen molar-refractivity contribution in [2.45, 2.75) is 228 Å². The third kappa shape index (κ3) is 19.4. The van der Waals surface area contributed by atoms with E-state index in [1.165, 1.54) is 87.7 Å². The normalized spacial score (nSPS) is 29.7. The Morgan fingerprint density at radius 1 is 0.459 bits per heavy atom. The Hall–Kier alpha value is -6.17. The Morgan fingerprint density at radius 3 is 1.33 bits per heavy atom. The molecule has 11 amide bonds. The van der Waals surface area contributed by atoms with Crippen LogP contribution in [-0.2, 0) is 57.5 Å². The summed E-state index contributed by atoms with van der Waals surface area (Å²) in [6, 6.07) is -12.6. The fraction of sp³-hybridized carbons (Fsp3) is 0.787. The van der Waals surface area contributed by atoms with Crippen molar-refractivity contribution in [3.8, 4) is 0 Å². The predicted molar refractivity (Wildman–Crippen MR) is 323 cm³/mol. The lowest BCUT2D eigenvalue weighted by molar-refractivity contribution is -0.162. The topological polar surface area (TPSA) is 288 Å². The van der Waals surface area contributed by atoms with E-state index in [4.69, 9.17) is 4.74 Å². The van der Waals surface area contributed by atoms with Gasteiger partial charge in [0.05, 0.1) is 12.2 Å². The molecule has 5 N–H and O–H groups in total. The molecule has 2 unspecified atom stereocenters. The van der Waals surface area contributed by atoms with E-state index < -0.39 is 156 Å². The zero-order valence-electron chi connectivity index (χ0n) is 55.3.